The normalized spacial score (nSPS) is 12.9. The van der Waals surface area contributed by atoms with Crippen LogP contribution in [0.3, 0.4) is 0 Å². The quantitative estimate of drug-likeness (QED) is 0.683. The Labute approximate surface area is 174 Å². The lowest BCUT2D eigenvalue weighted by atomic mass is 9.95. The number of rotatable bonds is 5. The van der Waals surface area contributed by atoms with Gasteiger partial charge in [-0.05, 0) is 67.6 Å². The van der Waals surface area contributed by atoms with Gasteiger partial charge in [0.05, 0.1) is 5.69 Å². The van der Waals surface area contributed by atoms with Crippen molar-refractivity contribution in [3.8, 4) is 5.69 Å². The Morgan fingerprint density at radius 2 is 1.83 bits per heavy atom. The molecule has 0 spiro atoms. The summed E-state index contributed by atoms with van der Waals surface area (Å²) in [4.78, 5) is 24.7. The number of amides is 2. The van der Waals surface area contributed by atoms with Gasteiger partial charge < -0.3 is 10.6 Å². The van der Waals surface area contributed by atoms with E-state index in [1.165, 1.54) is 12.1 Å². The molecule has 3 aromatic rings. The summed E-state index contributed by atoms with van der Waals surface area (Å²) in [6.07, 6.45) is 3.68. The second kappa shape index (κ2) is 8.49. The fourth-order valence-corrected chi connectivity index (χ4v) is 3.81. The van der Waals surface area contributed by atoms with Gasteiger partial charge >= 0.3 is 0 Å². The van der Waals surface area contributed by atoms with Crippen LogP contribution < -0.4 is 10.6 Å². The molecule has 30 heavy (non-hydrogen) atoms. The molecule has 0 unspecified atom stereocenters. The first-order valence-corrected chi connectivity index (χ1v) is 10.0. The van der Waals surface area contributed by atoms with Gasteiger partial charge in [-0.15, -0.1) is 0 Å². The summed E-state index contributed by atoms with van der Waals surface area (Å²) in [6.45, 7) is 0.294. The average Bonchev–Trinajstić information content (AvgIpc) is 3.17. The maximum Gasteiger partial charge on any atom is 0.272 e. The third-order valence-corrected chi connectivity index (χ3v) is 5.34. The summed E-state index contributed by atoms with van der Waals surface area (Å²) in [5, 5.41) is 10.1. The predicted octanol–water partition coefficient (Wildman–Crippen LogP) is 3.18. The lowest BCUT2D eigenvalue weighted by Gasteiger charge is -2.14. The SMILES string of the molecule is CNC(=O)c1cccc(CNC(=O)c2nn(-c3ccc(F)cc3)c3c2CCCC3)c1. The van der Waals surface area contributed by atoms with Crippen molar-refractivity contribution in [3.63, 3.8) is 0 Å². The van der Waals surface area contributed by atoms with Crippen LogP contribution in [0.25, 0.3) is 5.69 Å². The van der Waals surface area contributed by atoms with E-state index in [0.29, 0.717) is 17.8 Å². The fraction of sp³-hybridized carbons (Fsp3) is 0.261. The maximum absolute atomic E-state index is 13.3. The molecule has 2 aromatic carbocycles. The van der Waals surface area contributed by atoms with E-state index < -0.39 is 0 Å². The van der Waals surface area contributed by atoms with E-state index in [1.807, 2.05) is 6.07 Å². The lowest BCUT2D eigenvalue weighted by Crippen LogP contribution is -2.25. The molecule has 1 heterocycles. The van der Waals surface area contributed by atoms with Gasteiger partial charge in [0.15, 0.2) is 5.69 Å². The van der Waals surface area contributed by atoms with E-state index in [2.05, 4.69) is 15.7 Å². The van der Waals surface area contributed by atoms with E-state index in [4.69, 9.17) is 0 Å². The number of carbonyl (C=O) groups excluding carboxylic acids is 2. The molecule has 1 aliphatic carbocycles. The van der Waals surface area contributed by atoms with E-state index in [9.17, 15) is 14.0 Å². The van der Waals surface area contributed by atoms with Gasteiger partial charge in [-0.3, -0.25) is 9.59 Å². The fourth-order valence-electron chi connectivity index (χ4n) is 3.81. The molecule has 6 nitrogen and oxygen atoms in total. The van der Waals surface area contributed by atoms with Gasteiger partial charge in [-0.2, -0.15) is 5.10 Å². The van der Waals surface area contributed by atoms with Crippen LogP contribution in [0, 0.1) is 5.82 Å². The minimum absolute atomic E-state index is 0.171. The van der Waals surface area contributed by atoms with Crippen LogP contribution >= 0.6 is 0 Å². The summed E-state index contributed by atoms with van der Waals surface area (Å²) in [7, 11) is 1.58. The zero-order valence-electron chi connectivity index (χ0n) is 16.7. The van der Waals surface area contributed by atoms with Crippen molar-refractivity contribution in [2.24, 2.45) is 0 Å². The molecule has 0 bridgehead atoms. The Hall–Kier alpha value is -3.48. The molecule has 7 heteroatoms. The number of hydrogen-bond donors (Lipinski definition) is 2. The van der Waals surface area contributed by atoms with Gasteiger partial charge in [-0.25, -0.2) is 9.07 Å². The molecule has 154 valence electrons. The first-order chi connectivity index (χ1) is 14.6. The van der Waals surface area contributed by atoms with Crippen molar-refractivity contribution in [1.29, 1.82) is 0 Å². The third kappa shape index (κ3) is 3.96. The Morgan fingerprint density at radius 3 is 2.60 bits per heavy atom. The first kappa shape index (κ1) is 19.8. The molecule has 4 rings (SSSR count). The Morgan fingerprint density at radius 1 is 1.07 bits per heavy atom. The highest BCUT2D eigenvalue weighted by molar-refractivity contribution is 5.95. The highest BCUT2D eigenvalue weighted by atomic mass is 19.1. The standard InChI is InChI=1S/C23H23FN4O2/c1-25-22(29)16-6-4-5-15(13-16)14-26-23(30)21-19-7-2-3-8-20(19)28(27-21)18-11-9-17(24)10-12-18/h4-6,9-13H,2-3,7-8,14H2,1H3,(H,25,29)(H,26,30). The number of fused-ring (bicyclic) bond motifs is 1. The van der Waals surface area contributed by atoms with E-state index in [-0.39, 0.29) is 17.6 Å². The van der Waals surface area contributed by atoms with Crippen molar-refractivity contribution in [2.75, 3.05) is 7.05 Å². The number of carbonyl (C=O) groups is 2. The van der Waals surface area contributed by atoms with E-state index >= 15 is 0 Å². The number of nitrogens with one attached hydrogen (secondary N) is 2. The molecule has 0 fully saturated rings. The molecule has 1 aliphatic rings. The molecule has 2 N–H and O–H groups in total. The van der Waals surface area contributed by atoms with Crippen molar-refractivity contribution >= 4 is 11.8 Å². The highest BCUT2D eigenvalue weighted by Gasteiger charge is 2.25. The van der Waals surface area contributed by atoms with E-state index in [1.54, 1.807) is 42.1 Å². The van der Waals surface area contributed by atoms with Gasteiger partial charge in [0, 0.05) is 30.4 Å². The van der Waals surface area contributed by atoms with Crippen LogP contribution in [0.1, 0.15) is 50.5 Å². The van der Waals surface area contributed by atoms with Gasteiger partial charge in [0.1, 0.15) is 5.82 Å². The van der Waals surface area contributed by atoms with Crippen LogP contribution in [0.15, 0.2) is 48.5 Å². The molecule has 0 radical (unpaired) electrons. The van der Waals surface area contributed by atoms with Crippen molar-refractivity contribution in [3.05, 3.63) is 82.4 Å². The number of nitrogens with zero attached hydrogens (tertiary/aromatic N) is 2. The minimum atomic E-state index is -0.309. The molecule has 1 aromatic heterocycles. The van der Waals surface area contributed by atoms with Crippen LogP contribution in [-0.4, -0.2) is 28.6 Å². The number of halogens is 1. The zero-order valence-corrected chi connectivity index (χ0v) is 16.7. The first-order valence-electron chi connectivity index (χ1n) is 10.0. The van der Waals surface area contributed by atoms with Crippen molar-refractivity contribution < 1.29 is 14.0 Å². The molecule has 0 saturated heterocycles. The van der Waals surface area contributed by atoms with Crippen molar-refractivity contribution in [1.82, 2.24) is 20.4 Å². The van der Waals surface area contributed by atoms with Crippen LogP contribution in [0.2, 0.25) is 0 Å². The number of benzene rings is 2. The summed E-state index contributed by atoms with van der Waals surface area (Å²) in [5.41, 5.74) is 4.50. The number of hydrogen-bond acceptors (Lipinski definition) is 3. The monoisotopic (exact) mass is 406 g/mol. The largest absolute Gasteiger partial charge is 0.355 e. The highest BCUT2D eigenvalue weighted by Crippen LogP contribution is 2.27. The molecule has 0 saturated carbocycles. The third-order valence-electron chi connectivity index (χ3n) is 5.34. The molecular weight excluding hydrogens is 383 g/mol. The summed E-state index contributed by atoms with van der Waals surface area (Å²) in [6, 6.07) is 13.3. The Balaban J connectivity index is 1.57. The summed E-state index contributed by atoms with van der Waals surface area (Å²) in [5.74, 6) is -0.730. The van der Waals surface area contributed by atoms with Crippen molar-refractivity contribution in [2.45, 2.75) is 32.2 Å². The topological polar surface area (TPSA) is 76.0 Å². The van der Waals surface area contributed by atoms with Crippen LogP contribution in [0.5, 0.6) is 0 Å². The average molecular weight is 406 g/mol. The van der Waals surface area contributed by atoms with Gasteiger partial charge in [-0.1, -0.05) is 12.1 Å². The summed E-state index contributed by atoms with van der Waals surface area (Å²) < 4.78 is 15.1. The second-order valence-electron chi connectivity index (χ2n) is 7.33. The van der Waals surface area contributed by atoms with Gasteiger partial charge in [0.25, 0.3) is 11.8 Å². The smallest absolute Gasteiger partial charge is 0.272 e. The van der Waals surface area contributed by atoms with E-state index in [0.717, 1.165) is 48.2 Å². The number of aromatic nitrogens is 2. The second-order valence-corrected chi connectivity index (χ2v) is 7.33. The Kier molecular flexibility index (Phi) is 5.61. The molecule has 2 amide bonds. The molecular formula is C23H23FN4O2. The Bertz CT molecular complexity index is 1090. The van der Waals surface area contributed by atoms with Gasteiger partial charge in [0.2, 0.25) is 0 Å². The van der Waals surface area contributed by atoms with Crippen LogP contribution in [0.4, 0.5) is 4.39 Å². The molecule has 0 aliphatic heterocycles. The summed E-state index contributed by atoms with van der Waals surface area (Å²) >= 11 is 0. The molecule has 0 atom stereocenters. The predicted molar refractivity (Wildman–Crippen MR) is 111 cm³/mol. The maximum atomic E-state index is 13.3. The minimum Gasteiger partial charge on any atom is -0.355 e. The van der Waals surface area contributed by atoms with Crippen LogP contribution in [-0.2, 0) is 19.4 Å². The zero-order chi connectivity index (χ0) is 21.1. The lowest BCUT2D eigenvalue weighted by molar-refractivity contribution is 0.0943.